The highest BCUT2D eigenvalue weighted by atomic mass is 16.5. The standard InChI is InChI=1S/C27H31N5O3/c1-30(2)17-27(14-4-15-27)18-5-7-19(8-6-18)31-16-13-22-23(25(28)33)29-32(24(22)26(31)34)20-9-11-21(35-3)12-10-20/h5-12H,4,13-17H2,1-3H3,(H2,28,33). The average molecular weight is 474 g/mol. The predicted molar refractivity (Wildman–Crippen MR) is 135 cm³/mol. The minimum atomic E-state index is -0.634. The lowest BCUT2D eigenvalue weighted by Gasteiger charge is -2.44. The van der Waals surface area contributed by atoms with Gasteiger partial charge in [-0.25, -0.2) is 4.68 Å². The van der Waals surface area contributed by atoms with Gasteiger partial charge in [0, 0.05) is 29.8 Å². The number of methoxy groups -OCH3 is 1. The van der Waals surface area contributed by atoms with Crippen molar-refractivity contribution in [2.75, 3.05) is 39.2 Å². The smallest absolute Gasteiger partial charge is 0.277 e. The van der Waals surface area contributed by atoms with Crippen molar-refractivity contribution in [3.05, 3.63) is 71.0 Å². The van der Waals surface area contributed by atoms with Crippen LogP contribution in [0.2, 0.25) is 0 Å². The summed E-state index contributed by atoms with van der Waals surface area (Å²) in [5.74, 6) is -0.135. The van der Waals surface area contributed by atoms with Crippen LogP contribution in [0.4, 0.5) is 5.69 Å². The third-order valence-electron chi connectivity index (χ3n) is 7.29. The van der Waals surface area contributed by atoms with Gasteiger partial charge >= 0.3 is 0 Å². The summed E-state index contributed by atoms with van der Waals surface area (Å²) in [5, 5.41) is 4.44. The van der Waals surface area contributed by atoms with Crippen molar-refractivity contribution in [3.63, 3.8) is 0 Å². The number of likely N-dealkylation sites (N-methyl/N-ethyl adjacent to an activating group) is 1. The van der Waals surface area contributed by atoms with Gasteiger partial charge in [-0.05, 0) is 75.3 Å². The van der Waals surface area contributed by atoms with Crippen LogP contribution in [0.3, 0.4) is 0 Å². The van der Waals surface area contributed by atoms with Gasteiger partial charge in [-0.15, -0.1) is 0 Å². The number of fused-ring (bicyclic) bond motifs is 1. The van der Waals surface area contributed by atoms with Crippen molar-refractivity contribution in [2.24, 2.45) is 5.73 Å². The molecule has 1 fully saturated rings. The zero-order chi connectivity index (χ0) is 24.7. The Morgan fingerprint density at radius 2 is 1.74 bits per heavy atom. The predicted octanol–water partition coefficient (Wildman–Crippen LogP) is 3.17. The SMILES string of the molecule is COc1ccc(-n2nc(C(N)=O)c3c2C(=O)N(c2ccc(C4(CN(C)C)CCC4)cc2)CC3)cc1. The molecule has 0 bridgehead atoms. The van der Waals surface area contributed by atoms with Crippen LogP contribution in [0, 0.1) is 0 Å². The van der Waals surface area contributed by atoms with E-state index in [9.17, 15) is 9.59 Å². The van der Waals surface area contributed by atoms with Crippen LogP contribution in [0.15, 0.2) is 48.5 Å². The molecule has 2 N–H and O–H groups in total. The fraction of sp³-hybridized carbons (Fsp3) is 0.370. The highest BCUT2D eigenvalue weighted by Gasteiger charge is 2.39. The van der Waals surface area contributed by atoms with E-state index in [4.69, 9.17) is 10.5 Å². The molecular formula is C27H31N5O3. The highest BCUT2D eigenvalue weighted by Crippen LogP contribution is 2.44. The fourth-order valence-corrected chi connectivity index (χ4v) is 5.46. The van der Waals surface area contributed by atoms with Gasteiger partial charge in [0.1, 0.15) is 11.4 Å². The fourth-order valence-electron chi connectivity index (χ4n) is 5.46. The molecule has 0 unspecified atom stereocenters. The van der Waals surface area contributed by atoms with E-state index >= 15 is 0 Å². The van der Waals surface area contributed by atoms with Gasteiger partial charge < -0.3 is 20.3 Å². The Hall–Kier alpha value is -3.65. The summed E-state index contributed by atoms with van der Waals surface area (Å²) in [7, 11) is 5.82. The van der Waals surface area contributed by atoms with Crippen molar-refractivity contribution < 1.29 is 14.3 Å². The number of primary amides is 1. The number of hydrogen-bond donors (Lipinski definition) is 1. The van der Waals surface area contributed by atoms with Gasteiger partial charge in [-0.2, -0.15) is 5.10 Å². The quantitative estimate of drug-likeness (QED) is 0.569. The number of anilines is 1. The molecule has 2 amide bonds. The number of rotatable bonds is 7. The molecule has 2 aliphatic rings. The van der Waals surface area contributed by atoms with Gasteiger partial charge in [-0.1, -0.05) is 18.6 Å². The van der Waals surface area contributed by atoms with E-state index in [1.54, 1.807) is 36.3 Å². The molecule has 0 saturated heterocycles. The molecule has 2 heterocycles. The van der Waals surface area contributed by atoms with Gasteiger partial charge in [-0.3, -0.25) is 9.59 Å². The maximum Gasteiger partial charge on any atom is 0.277 e. The maximum absolute atomic E-state index is 13.7. The molecule has 8 heteroatoms. The largest absolute Gasteiger partial charge is 0.497 e. The number of nitrogens with zero attached hydrogens (tertiary/aromatic N) is 4. The van der Waals surface area contributed by atoms with E-state index < -0.39 is 5.91 Å². The number of amides is 2. The van der Waals surface area contributed by atoms with Gasteiger partial charge in [0.15, 0.2) is 5.69 Å². The minimum Gasteiger partial charge on any atom is -0.497 e. The first kappa shape index (κ1) is 23.1. The molecule has 182 valence electrons. The van der Waals surface area contributed by atoms with Crippen LogP contribution in [-0.4, -0.2) is 60.8 Å². The maximum atomic E-state index is 13.7. The minimum absolute atomic E-state index is 0.148. The second kappa shape index (κ2) is 8.85. The summed E-state index contributed by atoms with van der Waals surface area (Å²) in [6.45, 7) is 1.48. The summed E-state index contributed by atoms with van der Waals surface area (Å²) in [4.78, 5) is 29.9. The second-order valence-electron chi connectivity index (χ2n) is 9.78. The van der Waals surface area contributed by atoms with Gasteiger partial charge in [0.05, 0.1) is 12.8 Å². The van der Waals surface area contributed by atoms with E-state index in [1.165, 1.54) is 29.5 Å². The van der Waals surface area contributed by atoms with Crippen LogP contribution in [0.5, 0.6) is 5.75 Å². The molecule has 35 heavy (non-hydrogen) atoms. The van der Waals surface area contributed by atoms with E-state index in [0.717, 1.165) is 12.2 Å². The summed E-state index contributed by atoms with van der Waals surface area (Å²) in [5.41, 5.74) is 9.77. The Balaban J connectivity index is 1.49. The zero-order valence-electron chi connectivity index (χ0n) is 20.5. The lowest BCUT2D eigenvalue weighted by atomic mass is 9.64. The number of benzene rings is 2. The molecule has 2 aromatic carbocycles. The van der Waals surface area contributed by atoms with E-state index in [1.807, 2.05) is 12.1 Å². The molecule has 1 saturated carbocycles. The second-order valence-corrected chi connectivity index (χ2v) is 9.78. The molecule has 0 atom stereocenters. The molecule has 1 aromatic heterocycles. The number of carbonyl (C=O) groups excluding carboxylic acids is 2. The molecule has 8 nitrogen and oxygen atoms in total. The lowest BCUT2D eigenvalue weighted by molar-refractivity contribution is 0.0972. The summed E-state index contributed by atoms with van der Waals surface area (Å²) >= 11 is 0. The highest BCUT2D eigenvalue weighted by molar-refractivity contribution is 6.09. The molecule has 1 aliphatic heterocycles. The first-order valence-electron chi connectivity index (χ1n) is 12.0. The van der Waals surface area contributed by atoms with Crippen LogP contribution >= 0.6 is 0 Å². The zero-order valence-corrected chi connectivity index (χ0v) is 20.5. The Morgan fingerprint density at radius 1 is 1.09 bits per heavy atom. The van der Waals surface area contributed by atoms with Crippen molar-refractivity contribution in [3.8, 4) is 11.4 Å². The first-order chi connectivity index (χ1) is 16.8. The Morgan fingerprint density at radius 3 is 2.29 bits per heavy atom. The summed E-state index contributed by atoms with van der Waals surface area (Å²) in [6, 6.07) is 15.6. The third kappa shape index (κ3) is 3.97. The van der Waals surface area contributed by atoms with Crippen LogP contribution in [0.1, 0.15) is 51.4 Å². The Labute approximate surface area is 205 Å². The molecular weight excluding hydrogens is 442 g/mol. The molecule has 0 radical (unpaired) electrons. The molecule has 1 aliphatic carbocycles. The monoisotopic (exact) mass is 473 g/mol. The summed E-state index contributed by atoms with van der Waals surface area (Å²) in [6.07, 6.45) is 4.13. The Kier molecular flexibility index (Phi) is 5.84. The van der Waals surface area contributed by atoms with E-state index in [0.29, 0.717) is 35.7 Å². The normalized spacial score (nSPS) is 16.7. The average Bonchev–Trinajstić information content (AvgIpc) is 3.23. The van der Waals surface area contributed by atoms with Gasteiger partial charge in [0.25, 0.3) is 11.8 Å². The van der Waals surface area contributed by atoms with E-state index in [-0.39, 0.29) is 17.0 Å². The van der Waals surface area contributed by atoms with Crippen molar-refractivity contribution in [2.45, 2.75) is 31.1 Å². The number of ether oxygens (including phenoxy) is 1. The number of nitrogens with two attached hydrogens (primary N) is 1. The van der Waals surface area contributed by atoms with Crippen LogP contribution < -0.4 is 15.4 Å². The van der Waals surface area contributed by atoms with Gasteiger partial charge in [0.2, 0.25) is 0 Å². The molecule has 3 aromatic rings. The Bertz CT molecular complexity index is 1260. The van der Waals surface area contributed by atoms with Crippen LogP contribution in [-0.2, 0) is 11.8 Å². The number of aromatic nitrogens is 2. The van der Waals surface area contributed by atoms with Crippen molar-refractivity contribution in [1.29, 1.82) is 0 Å². The summed E-state index contributed by atoms with van der Waals surface area (Å²) < 4.78 is 6.77. The molecule has 5 rings (SSSR count). The lowest BCUT2D eigenvalue weighted by Crippen LogP contribution is -2.43. The number of hydrogen-bond acceptors (Lipinski definition) is 5. The van der Waals surface area contributed by atoms with E-state index in [2.05, 4.69) is 36.2 Å². The number of carbonyl (C=O) groups is 2. The molecule has 0 spiro atoms. The van der Waals surface area contributed by atoms with Crippen LogP contribution in [0.25, 0.3) is 5.69 Å². The first-order valence-corrected chi connectivity index (χ1v) is 12.0. The van der Waals surface area contributed by atoms with Crippen molar-refractivity contribution >= 4 is 17.5 Å². The third-order valence-corrected chi connectivity index (χ3v) is 7.29. The topological polar surface area (TPSA) is 93.7 Å². The van der Waals surface area contributed by atoms with Crippen molar-refractivity contribution in [1.82, 2.24) is 14.7 Å².